The van der Waals surface area contributed by atoms with E-state index < -0.39 is 53.0 Å². The summed E-state index contributed by atoms with van der Waals surface area (Å²) in [5, 5.41) is 31.2. The Hall–Kier alpha value is -4.44. The fourth-order valence-corrected chi connectivity index (χ4v) is 7.21. The maximum absolute atomic E-state index is 12.9. The first-order valence-corrected chi connectivity index (χ1v) is 14.7. The van der Waals surface area contributed by atoms with Crippen LogP contribution in [0.15, 0.2) is 53.0 Å². The Morgan fingerprint density at radius 2 is 1.79 bits per heavy atom. The number of aliphatic carboxylic acids is 2. The molecule has 4 heterocycles. The number of hydrogen-bond acceptors (Lipinski definition) is 11. The molecule has 14 nitrogen and oxygen atoms in total. The Morgan fingerprint density at radius 3 is 2.40 bits per heavy atom. The molecule has 1 saturated heterocycles. The van der Waals surface area contributed by atoms with Crippen LogP contribution in [0.25, 0.3) is 0 Å². The molecule has 0 aliphatic carbocycles. The van der Waals surface area contributed by atoms with Crippen LogP contribution in [0, 0.1) is 0 Å². The number of imide groups is 1. The van der Waals surface area contributed by atoms with Gasteiger partial charge in [-0.25, -0.2) is 14.6 Å². The van der Waals surface area contributed by atoms with Gasteiger partial charge in [0.2, 0.25) is 11.8 Å². The first-order valence-electron chi connectivity index (χ1n) is 12.6. The Labute approximate surface area is 246 Å². The number of carboxylic acids is 2. The SMILES string of the molecule is O=C(CCCC(C(=O)O)N1C(=O)c2ccccc2C1=O)N[C@@H]1C(=O)N2C(C(=O)O)=C(CSc3nccc(O)n3)CS[C@@H]12. The fraction of sp³-hybridized carbons (Fsp3) is 0.308. The molecule has 3 aliphatic heterocycles. The summed E-state index contributed by atoms with van der Waals surface area (Å²) in [6, 6.07) is 4.90. The molecule has 3 atom stereocenters. The van der Waals surface area contributed by atoms with Gasteiger partial charge in [0, 0.05) is 30.2 Å². The number of aromatic nitrogens is 2. The number of nitrogens with zero attached hydrogens (tertiary/aromatic N) is 4. The van der Waals surface area contributed by atoms with Gasteiger partial charge in [0.15, 0.2) is 5.16 Å². The Morgan fingerprint density at radius 1 is 1.10 bits per heavy atom. The van der Waals surface area contributed by atoms with Crippen molar-refractivity contribution in [1.82, 2.24) is 25.1 Å². The average Bonchev–Trinajstić information content (AvgIpc) is 3.21. The van der Waals surface area contributed by atoms with Crippen molar-refractivity contribution in [3.05, 3.63) is 58.9 Å². The van der Waals surface area contributed by atoms with Gasteiger partial charge in [-0.15, -0.1) is 11.8 Å². The predicted molar refractivity (Wildman–Crippen MR) is 146 cm³/mol. The fourth-order valence-electron chi connectivity index (χ4n) is 4.90. The van der Waals surface area contributed by atoms with Gasteiger partial charge < -0.3 is 20.6 Å². The molecule has 4 amide bonds. The van der Waals surface area contributed by atoms with Crippen molar-refractivity contribution in [2.75, 3.05) is 11.5 Å². The maximum atomic E-state index is 12.9. The van der Waals surface area contributed by atoms with Crippen LogP contribution in [0.1, 0.15) is 40.0 Å². The summed E-state index contributed by atoms with van der Waals surface area (Å²) >= 11 is 2.39. The summed E-state index contributed by atoms with van der Waals surface area (Å²) in [7, 11) is 0. The summed E-state index contributed by atoms with van der Waals surface area (Å²) < 4.78 is 0. The van der Waals surface area contributed by atoms with Gasteiger partial charge >= 0.3 is 11.9 Å². The molecule has 1 fully saturated rings. The first kappa shape index (κ1) is 29.1. The number of carbonyl (C=O) groups excluding carboxylic acids is 4. The molecule has 4 N–H and O–H groups in total. The van der Waals surface area contributed by atoms with E-state index in [1.54, 1.807) is 12.1 Å². The molecule has 0 saturated carbocycles. The molecule has 3 aliphatic rings. The van der Waals surface area contributed by atoms with Crippen molar-refractivity contribution in [2.24, 2.45) is 0 Å². The lowest BCUT2D eigenvalue weighted by Crippen LogP contribution is -2.70. The molecule has 218 valence electrons. The Bertz CT molecular complexity index is 1510. The zero-order valence-electron chi connectivity index (χ0n) is 21.6. The minimum absolute atomic E-state index is 0.0113. The number of thioether (sulfide) groups is 2. The third kappa shape index (κ3) is 5.42. The molecule has 1 unspecified atom stereocenters. The largest absolute Gasteiger partial charge is 0.493 e. The average molecular weight is 614 g/mol. The highest BCUT2D eigenvalue weighted by Crippen LogP contribution is 2.41. The molecule has 16 heteroatoms. The summed E-state index contributed by atoms with van der Waals surface area (Å²) in [5.41, 5.74) is 0.529. The lowest BCUT2D eigenvalue weighted by atomic mass is 10.0. The standard InChI is InChI=1S/C26H23N5O9S2/c32-16(7-3-6-15(24(37)38)30-20(34)13-4-1-2-5-14(13)21(30)35)28-18-22(36)31-19(25(39)40)12(10-41-23(18)31)11-42-26-27-9-8-17(33)29-26/h1-2,4-5,8-9,15,18,23H,3,6-7,10-11H2,(H,28,32)(H,37,38)(H,39,40)(H,27,29,33)/t15?,18-,23+/m1/s1. The van der Waals surface area contributed by atoms with E-state index in [9.17, 15) is 44.1 Å². The van der Waals surface area contributed by atoms with Gasteiger partial charge in [0.1, 0.15) is 23.2 Å². The normalized spacial score (nSPS) is 20.1. The van der Waals surface area contributed by atoms with E-state index >= 15 is 0 Å². The van der Waals surface area contributed by atoms with Crippen molar-refractivity contribution < 1.29 is 44.1 Å². The van der Waals surface area contributed by atoms with E-state index in [1.165, 1.54) is 36.2 Å². The van der Waals surface area contributed by atoms with Crippen molar-refractivity contribution in [2.45, 2.75) is 41.9 Å². The zero-order valence-corrected chi connectivity index (χ0v) is 23.3. The van der Waals surface area contributed by atoms with Crippen molar-refractivity contribution in [3.8, 4) is 5.88 Å². The number of benzene rings is 1. The molecule has 1 aromatic carbocycles. The van der Waals surface area contributed by atoms with E-state index in [0.29, 0.717) is 10.5 Å². The highest BCUT2D eigenvalue weighted by molar-refractivity contribution is 8.01. The molecule has 5 rings (SSSR count). The maximum Gasteiger partial charge on any atom is 0.352 e. The number of rotatable bonds is 11. The highest BCUT2D eigenvalue weighted by Gasteiger charge is 2.54. The van der Waals surface area contributed by atoms with Crippen LogP contribution in [-0.2, 0) is 19.2 Å². The van der Waals surface area contributed by atoms with E-state index in [2.05, 4.69) is 15.3 Å². The number of hydrogen-bond donors (Lipinski definition) is 4. The monoisotopic (exact) mass is 613 g/mol. The van der Waals surface area contributed by atoms with E-state index in [0.717, 1.165) is 16.7 Å². The number of fused-ring (bicyclic) bond motifs is 2. The summed E-state index contributed by atoms with van der Waals surface area (Å²) in [4.78, 5) is 84.6. The second kappa shape index (κ2) is 11.8. The second-order valence-corrected chi connectivity index (χ2v) is 11.5. The van der Waals surface area contributed by atoms with E-state index in [4.69, 9.17) is 0 Å². The first-order chi connectivity index (χ1) is 20.1. The van der Waals surface area contributed by atoms with E-state index in [-0.39, 0.29) is 58.6 Å². The number of aromatic hydroxyl groups is 1. The molecule has 1 aromatic heterocycles. The van der Waals surface area contributed by atoms with Gasteiger partial charge in [0.25, 0.3) is 17.7 Å². The van der Waals surface area contributed by atoms with Crippen LogP contribution < -0.4 is 5.32 Å². The summed E-state index contributed by atoms with van der Waals surface area (Å²) in [6.07, 6.45) is 1.02. The molecule has 0 spiro atoms. The smallest absolute Gasteiger partial charge is 0.352 e. The third-order valence-corrected chi connectivity index (χ3v) is 9.15. The van der Waals surface area contributed by atoms with Gasteiger partial charge in [-0.05, 0) is 30.5 Å². The van der Waals surface area contributed by atoms with Crippen molar-refractivity contribution >= 4 is 59.1 Å². The number of carboxylic acid groups (broad SMARTS) is 2. The predicted octanol–water partition coefficient (Wildman–Crippen LogP) is 0.933. The quantitative estimate of drug-likeness (QED) is 0.121. The van der Waals surface area contributed by atoms with Gasteiger partial charge in [-0.3, -0.25) is 29.0 Å². The minimum atomic E-state index is -1.47. The minimum Gasteiger partial charge on any atom is -0.493 e. The second-order valence-electron chi connectivity index (χ2n) is 9.47. The molecule has 0 radical (unpaired) electrons. The van der Waals surface area contributed by atoms with Crippen LogP contribution in [0.2, 0.25) is 0 Å². The number of carbonyl (C=O) groups is 6. The summed E-state index contributed by atoms with van der Waals surface area (Å²) in [5.74, 6) is -5.03. The van der Waals surface area contributed by atoms with Crippen LogP contribution in [-0.4, -0.2) is 99.6 Å². The van der Waals surface area contributed by atoms with Crippen LogP contribution in [0.3, 0.4) is 0 Å². The van der Waals surface area contributed by atoms with Gasteiger partial charge in [-0.2, -0.15) is 4.98 Å². The topological polar surface area (TPSA) is 207 Å². The molecule has 42 heavy (non-hydrogen) atoms. The lowest BCUT2D eigenvalue weighted by molar-refractivity contribution is -0.150. The number of amides is 4. The highest BCUT2D eigenvalue weighted by atomic mass is 32.2. The third-order valence-electron chi connectivity index (χ3n) is 6.86. The van der Waals surface area contributed by atoms with Crippen LogP contribution >= 0.6 is 23.5 Å². The lowest BCUT2D eigenvalue weighted by Gasteiger charge is -2.49. The van der Waals surface area contributed by atoms with Crippen molar-refractivity contribution in [3.63, 3.8) is 0 Å². The van der Waals surface area contributed by atoms with Crippen LogP contribution in [0.5, 0.6) is 5.88 Å². The molecular weight excluding hydrogens is 590 g/mol. The molecule has 2 aromatic rings. The van der Waals surface area contributed by atoms with Crippen molar-refractivity contribution in [1.29, 1.82) is 0 Å². The Balaban J connectivity index is 1.17. The number of nitrogens with one attached hydrogen (secondary N) is 1. The van der Waals surface area contributed by atoms with Crippen LogP contribution in [0.4, 0.5) is 0 Å². The molecular formula is C26H23N5O9S2. The summed E-state index contributed by atoms with van der Waals surface area (Å²) in [6.45, 7) is 0. The molecule has 0 bridgehead atoms. The zero-order chi connectivity index (χ0) is 30.1. The van der Waals surface area contributed by atoms with E-state index in [1.807, 2.05) is 0 Å². The Kier molecular flexibility index (Phi) is 8.17. The number of β-lactam (4-membered cyclic amide) rings is 1. The van der Waals surface area contributed by atoms with Gasteiger partial charge in [-0.1, -0.05) is 23.9 Å². The van der Waals surface area contributed by atoms with Gasteiger partial charge in [0.05, 0.1) is 11.1 Å².